The lowest BCUT2D eigenvalue weighted by Gasteiger charge is -2.28. The molecule has 1 aromatic heterocycles. The summed E-state index contributed by atoms with van der Waals surface area (Å²) in [5, 5.41) is 1.14. The molecule has 1 aliphatic rings. The van der Waals surface area contributed by atoms with Crippen molar-refractivity contribution in [2.45, 2.75) is 19.1 Å². The molecule has 0 saturated carbocycles. The molecule has 0 atom stereocenters. The highest BCUT2D eigenvalue weighted by atomic mass is 35.5. The summed E-state index contributed by atoms with van der Waals surface area (Å²) in [4.78, 5) is 25.9. The minimum Gasteiger partial charge on any atom is -0.497 e. The molecular weight excluding hydrogens is 421 g/mol. The summed E-state index contributed by atoms with van der Waals surface area (Å²) >= 11 is 6.12. The average Bonchev–Trinajstić information content (AvgIpc) is 3.04. The van der Waals surface area contributed by atoms with E-state index in [2.05, 4.69) is 0 Å². The fraction of sp³-hybridized carbons (Fsp3) is 0.238. The normalized spacial score (nSPS) is 14.0. The van der Waals surface area contributed by atoms with Crippen LogP contribution in [0.15, 0.2) is 42.5 Å². The lowest BCUT2D eigenvalue weighted by atomic mass is 10.0. The first-order valence-electron chi connectivity index (χ1n) is 9.07. The van der Waals surface area contributed by atoms with Gasteiger partial charge in [0.05, 0.1) is 19.2 Å². The second kappa shape index (κ2) is 7.36. The fourth-order valence-electron chi connectivity index (χ4n) is 3.80. The first-order valence-corrected chi connectivity index (χ1v) is 9.45. The Morgan fingerprint density at radius 1 is 1.13 bits per heavy atom. The number of carbonyl (C=O) groups excluding carboxylic acids is 2. The molecule has 5 nitrogen and oxygen atoms in total. The van der Waals surface area contributed by atoms with Crippen LogP contribution < -0.4 is 4.74 Å². The summed E-state index contributed by atoms with van der Waals surface area (Å²) in [6.45, 7) is -0.417. The number of hydrogen-bond acceptors (Lipinski definition) is 3. The van der Waals surface area contributed by atoms with Gasteiger partial charge in [0.25, 0.3) is 5.91 Å². The van der Waals surface area contributed by atoms with Crippen LogP contribution in [0.25, 0.3) is 10.9 Å². The highest BCUT2D eigenvalue weighted by Gasteiger charge is 2.44. The van der Waals surface area contributed by atoms with Crippen LogP contribution in [0.3, 0.4) is 0 Å². The Morgan fingerprint density at radius 2 is 1.90 bits per heavy atom. The molecule has 1 amide bonds. The van der Waals surface area contributed by atoms with Crippen molar-refractivity contribution in [2.24, 2.45) is 0 Å². The van der Waals surface area contributed by atoms with Crippen molar-refractivity contribution in [3.05, 3.63) is 64.3 Å². The summed E-state index contributed by atoms with van der Waals surface area (Å²) < 4.78 is 45.5. The van der Waals surface area contributed by atoms with E-state index in [1.54, 1.807) is 42.5 Å². The first-order chi connectivity index (χ1) is 14.2. The van der Waals surface area contributed by atoms with Crippen LogP contribution in [0.5, 0.6) is 5.75 Å². The Kier molecular flexibility index (Phi) is 4.97. The molecule has 3 aromatic rings. The van der Waals surface area contributed by atoms with Gasteiger partial charge >= 0.3 is 12.1 Å². The minimum absolute atomic E-state index is 0.0929. The zero-order valence-corrected chi connectivity index (χ0v) is 16.5. The molecule has 0 aliphatic carbocycles. The molecule has 0 fully saturated rings. The topological polar surface area (TPSA) is 51.5 Å². The number of rotatable bonds is 2. The third-order valence-corrected chi connectivity index (χ3v) is 5.40. The molecular formula is C21H16ClF3N2O3. The summed E-state index contributed by atoms with van der Waals surface area (Å²) in [6, 6.07) is 11.4. The van der Waals surface area contributed by atoms with E-state index in [1.807, 2.05) is 0 Å². The van der Waals surface area contributed by atoms with E-state index in [0.29, 0.717) is 32.9 Å². The monoisotopic (exact) mass is 436 g/mol. The van der Waals surface area contributed by atoms with Crippen molar-refractivity contribution < 1.29 is 27.5 Å². The molecule has 0 unspecified atom stereocenters. The van der Waals surface area contributed by atoms with Crippen molar-refractivity contribution >= 4 is 34.3 Å². The molecule has 30 heavy (non-hydrogen) atoms. The zero-order chi connectivity index (χ0) is 21.6. The second-order valence-electron chi connectivity index (χ2n) is 6.93. The first kappa shape index (κ1) is 20.3. The maximum atomic E-state index is 13.4. The standard InChI is InChI=1S/C21H16ClF3N2O3/c1-30-14-4-2-3-12(9-14)19(28)27-17-6-5-13(22)10-16(17)15-7-8-26(11-18(15)27)20(29)21(23,24)25/h2-6,9-10H,7-8,11H2,1H3. The fourth-order valence-corrected chi connectivity index (χ4v) is 3.97. The van der Waals surface area contributed by atoms with Crippen LogP contribution in [0, 0.1) is 0 Å². The Labute approximate surface area is 174 Å². The van der Waals surface area contributed by atoms with Crippen molar-refractivity contribution in [2.75, 3.05) is 13.7 Å². The number of fused-ring (bicyclic) bond motifs is 3. The Bertz CT molecular complexity index is 1170. The number of aromatic nitrogens is 1. The van der Waals surface area contributed by atoms with E-state index in [0.717, 1.165) is 10.5 Å². The van der Waals surface area contributed by atoms with Gasteiger partial charge in [0, 0.05) is 28.2 Å². The molecule has 0 N–H and O–H groups in total. The largest absolute Gasteiger partial charge is 0.497 e. The molecule has 0 bridgehead atoms. The number of halogens is 4. The smallest absolute Gasteiger partial charge is 0.471 e. The third kappa shape index (κ3) is 3.41. The van der Waals surface area contributed by atoms with Crippen LogP contribution in [-0.4, -0.2) is 41.1 Å². The van der Waals surface area contributed by atoms with Gasteiger partial charge < -0.3 is 9.64 Å². The van der Waals surface area contributed by atoms with E-state index in [1.165, 1.54) is 11.7 Å². The number of methoxy groups -OCH3 is 1. The van der Waals surface area contributed by atoms with Gasteiger partial charge in [0.1, 0.15) is 5.75 Å². The maximum Gasteiger partial charge on any atom is 0.471 e. The predicted molar refractivity (Wildman–Crippen MR) is 105 cm³/mol. The van der Waals surface area contributed by atoms with E-state index >= 15 is 0 Å². The van der Waals surface area contributed by atoms with Crippen LogP contribution in [-0.2, 0) is 17.8 Å². The van der Waals surface area contributed by atoms with Crippen molar-refractivity contribution in [3.63, 3.8) is 0 Å². The molecule has 2 heterocycles. The lowest BCUT2D eigenvalue weighted by molar-refractivity contribution is -0.186. The summed E-state index contributed by atoms with van der Waals surface area (Å²) in [7, 11) is 1.47. The van der Waals surface area contributed by atoms with Gasteiger partial charge in [-0.2, -0.15) is 13.2 Å². The number of alkyl halides is 3. The van der Waals surface area contributed by atoms with E-state index in [-0.39, 0.29) is 19.5 Å². The second-order valence-corrected chi connectivity index (χ2v) is 7.37. The quantitative estimate of drug-likeness (QED) is 0.597. The van der Waals surface area contributed by atoms with Gasteiger partial charge in [0.2, 0.25) is 0 Å². The third-order valence-electron chi connectivity index (χ3n) is 5.16. The molecule has 156 valence electrons. The molecule has 9 heteroatoms. The van der Waals surface area contributed by atoms with Crippen LogP contribution in [0.2, 0.25) is 5.02 Å². The Balaban J connectivity index is 1.87. The average molecular weight is 437 g/mol. The highest BCUT2D eigenvalue weighted by Crippen LogP contribution is 2.34. The number of amides is 1. The van der Waals surface area contributed by atoms with Crippen molar-refractivity contribution in [1.82, 2.24) is 9.47 Å². The van der Waals surface area contributed by atoms with Crippen LogP contribution >= 0.6 is 11.6 Å². The summed E-state index contributed by atoms with van der Waals surface area (Å²) in [6.07, 6.45) is -4.79. The Hall–Kier alpha value is -3.00. The van der Waals surface area contributed by atoms with Crippen molar-refractivity contribution in [3.8, 4) is 5.75 Å². The SMILES string of the molecule is COc1cccc(C(=O)n2c3c(c4cc(Cl)ccc42)CCN(C(=O)C(F)(F)F)C3)c1. The summed E-state index contributed by atoms with van der Waals surface area (Å²) in [5.74, 6) is -1.87. The van der Waals surface area contributed by atoms with Crippen LogP contribution in [0.1, 0.15) is 21.6 Å². The van der Waals surface area contributed by atoms with Gasteiger partial charge in [-0.1, -0.05) is 17.7 Å². The predicted octanol–water partition coefficient (Wildman–Crippen LogP) is 4.44. The van der Waals surface area contributed by atoms with Gasteiger partial charge in [-0.3, -0.25) is 14.2 Å². The minimum atomic E-state index is -4.98. The number of ether oxygens (including phenoxy) is 1. The van der Waals surface area contributed by atoms with Crippen molar-refractivity contribution in [1.29, 1.82) is 0 Å². The van der Waals surface area contributed by atoms with Gasteiger partial charge in [0.15, 0.2) is 0 Å². The van der Waals surface area contributed by atoms with Gasteiger partial charge in [-0.25, -0.2) is 0 Å². The number of hydrogen-bond donors (Lipinski definition) is 0. The van der Waals surface area contributed by atoms with E-state index in [4.69, 9.17) is 16.3 Å². The number of benzene rings is 2. The molecule has 4 rings (SSSR count). The molecule has 2 aromatic carbocycles. The summed E-state index contributed by atoms with van der Waals surface area (Å²) in [5.41, 5.74) is 1.90. The molecule has 0 radical (unpaired) electrons. The number of carbonyl (C=O) groups is 2. The van der Waals surface area contributed by atoms with Gasteiger partial charge in [-0.05, 0) is 48.4 Å². The molecule has 0 spiro atoms. The van der Waals surface area contributed by atoms with E-state index < -0.39 is 18.0 Å². The Morgan fingerprint density at radius 3 is 2.60 bits per heavy atom. The lowest BCUT2D eigenvalue weighted by Crippen LogP contribution is -2.44. The van der Waals surface area contributed by atoms with Crippen LogP contribution in [0.4, 0.5) is 13.2 Å². The zero-order valence-electron chi connectivity index (χ0n) is 15.8. The highest BCUT2D eigenvalue weighted by molar-refractivity contribution is 6.31. The molecule has 0 saturated heterocycles. The number of nitrogens with zero attached hydrogens (tertiary/aromatic N) is 2. The van der Waals surface area contributed by atoms with E-state index in [9.17, 15) is 22.8 Å². The molecule has 1 aliphatic heterocycles. The van der Waals surface area contributed by atoms with Gasteiger partial charge in [-0.15, -0.1) is 0 Å². The maximum absolute atomic E-state index is 13.4.